The number of hydrogen-bond acceptors (Lipinski definition) is 3. The molecule has 18 heavy (non-hydrogen) atoms. The molecule has 0 unspecified atom stereocenters. The van der Waals surface area contributed by atoms with Crippen LogP contribution in [0.3, 0.4) is 0 Å². The quantitative estimate of drug-likeness (QED) is 0.810. The molecule has 2 rings (SSSR count). The molecule has 0 atom stereocenters. The fraction of sp³-hybridized carbons (Fsp3) is 0.250. The van der Waals surface area contributed by atoms with Gasteiger partial charge in [-0.05, 0) is 40.8 Å². The van der Waals surface area contributed by atoms with Crippen molar-refractivity contribution in [1.29, 1.82) is 0 Å². The van der Waals surface area contributed by atoms with Gasteiger partial charge in [0.1, 0.15) is 0 Å². The third-order valence-corrected chi connectivity index (χ3v) is 3.43. The molecular formula is C12H13ClIN3O. The molecule has 0 aliphatic heterocycles. The van der Waals surface area contributed by atoms with Gasteiger partial charge in [-0.2, -0.15) is 0 Å². The Labute approximate surface area is 124 Å². The third-order valence-electron chi connectivity index (χ3n) is 2.43. The minimum absolute atomic E-state index is 0.644. The maximum Gasteiger partial charge on any atom is 0.207 e. The van der Waals surface area contributed by atoms with E-state index in [1.165, 1.54) is 0 Å². The van der Waals surface area contributed by atoms with Crippen LogP contribution in [-0.2, 0) is 11.3 Å². The van der Waals surface area contributed by atoms with Crippen molar-refractivity contribution >= 4 is 45.8 Å². The zero-order valence-corrected chi connectivity index (χ0v) is 12.8. The van der Waals surface area contributed by atoms with E-state index in [0.717, 1.165) is 21.8 Å². The smallest absolute Gasteiger partial charge is 0.207 e. The molecule has 1 N–H and O–H groups in total. The number of methoxy groups -OCH3 is 1. The van der Waals surface area contributed by atoms with E-state index in [4.69, 9.17) is 16.3 Å². The van der Waals surface area contributed by atoms with Gasteiger partial charge in [-0.3, -0.25) is 0 Å². The predicted molar refractivity (Wildman–Crippen MR) is 81.6 cm³/mol. The Morgan fingerprint density at radius 1 is 1.50 bits per heavy atom. The van der Waals surface area contributed by atoms with Gasteiger partial charge in [0.05, 0.1) is 17.3 Å². The molecule has 6 heteroatoms. The summed E-state index contributed by atoms with van der Waals surface area (Å²) in [6.07, 6.45) is 3.66. The molecule has 0 spiro atoms. The number of nitrogens with one attached hydrogen (secondary N) is 1. The molecule has 96 valence electrons. The standard InChI is InChI=1S/C12H13ClIN3O/c1-18-7-6-17-5-4-15-12(17)16-11-8-9(14)2-3-10(11)13/h2-5,8H,6-7H2,1H3,(H,15,16). The number of imidazole rings is 1. The maximum atomic E-state index is 6.14. The second-order valence-corrected chi connectivity index (χ2v) is 5.34. The average Bonchev–Trinajstić information content (AvgIpc) is 2.79. The van der Waals surface area contributed by atoms with Gasteiger partial charge in [0, 0.05) is 29.6 Å². The molecule has 2 aromatic rings. The second-order valence-electron chi connectivity index (χ2n) is 3.69. The van der Waals surface area contributed by atoms with Gasteiger partial charge in [0.2, 0.25) is 5.95 Å². The number of hydrogen-bond donors (Lipinski definition) is 1. The van der Waals surface area contributed by atoms with Gasteiger partial charge in [0.15, 0.2) is 0 Å². The number of benzene rings is 1. The fourth-order valence-electron chi connectivity index (χ4n) is 1.52. The monoisotopic (exact) mass is 377 g/mol. The highest BCUT2D eigenvalue weighted by Crippen LogP contribution is 2.26. The minimum Gasteiger partial charge on any atom is -0.383 e. The number of nitrogens with zero attached hydrogens (tertiary/aromatic N) is 2. The normalized spacial score (nSPS) is 10.6. The average molecular weight is 378 g/mol. The van der Waals surface area contributed by atoms with Crippen LogP contribution in [-0.4, -0.2) is 23.3 Å². The maximum absolute atomic E-state index is 6.14. The Morgan fingerprint density at radius 3 is 3.11 bits per heavy atom. The highest BCUT2D eigenvalue weighted by atomic mass is 127. The molecule has 0 aliphatic carbocycles. The Balaban J connectivity index is 2.18. The summed E-state index contributed by atoms with van der Waals surface area (Å²) in [5.41, 5.74) is 0.855. The molecule has 0 saturated heterocycles. The van der Waals surface area contributed by atoms with Gasteiger partial charge in [-0.25, -0.2) is 4.98 Å². The molecule has 1 aromatic carbocycles. The number of aromatic nitrogens is 2. The van der Waals surface area contributed by atoms with Gasteiger partial charge in [0.25, 0.3) is 0 Å². The van der Waals surface area contributed by atoms with Crippen molar-refractivity contribution in [3.63, 3.8) is 0 Å². The largest absolute Gasteiger partial charge is 0.383 e. The van der Waals surface area contributed by atoms with Crippen molar-refractivity contribution < 1.29 is 4.74 Å². The van der Waals surface area contributed by atoms with Crippen LogP contribution in [0.25, 0.3) is 0 Å². The van der Waals surface area contributed by atoms with Gasteiger partial charge in [-0.15, -0.1) is 0 Å². The Hall–Kier alpha value is -0.790. The highest BCUT2D eigenvalue weighted by Gasteiger charge is 2.06. The highest BCUT2D eigenvalue weighted by molar-refractivity contribution is 14.1. The zero-order chi connectivity index (χ0) is 13.0. The Bertz CT molecular complexity index is 530. The number of halogens is 2. The molecule has 4 nitrogen and oxygen atoms in total. The van der Waals surface area contributed by atoms with Crippen LogP contribution in [0.1, 0.15) is 0 Å². The van der Waals surface area contributed by atoms with Crippen LogP contribution >= 0.6 is 34.2 Å². The van der Waals surface area contributed by atoms with Crippen LogP contribution < -0.4 is 5.32 Å². The van der Waals surface area contributed by atoms with Crippen molar-refractivity contribution in [1.82, 2.24) is 9.55 Å². The molecule has 0 amide bonds. The topological polar surface area (TPSA) is 39.1 Å². The second kappa shape index (κ2) is 6.40. The molecule has 0 saturated carbocycles. The SMILES string of the molecule is COCCn1ccnc1Nc1cc(I)ccc1Cl. The third kappa shape index (κ3) is 3.37. The van der Waals surface area contributed by atoms with Crippen LogP contribution in [0.5, 0.6) is 0 Å². The van der Waals surface area contributed by atoms with Crippen LogP contribution in [0.4, 0.5) is 11.6 Å². The Kier molecular flexibility index (Phi) is 4.85. The lowest BCUT2D eigenvalue weighted by molar-refractivity contribution is 0.188. The van der Waals surface area contributed by atoms with Crippen LogP contribution in [0, 0.1) is 3.57 Å². The molecule has 0 radical (unpaired) electrons. The molecule has 0 bridgehead atoms. The zero-order valence-electron chi connectivity index (χ0n) is 9.86. The van der Waals surface area contributed by atoms with E-state index in [9.17, 15) is 0 Å². The van der Waals surface area contributed by atoms with E-state index in [1.807, 2.05) is 29.0 Å². The van der Waals surface area contributed by atoms with Crippen molar-refractivity contribution in [2.45, 2.75) is 6.54 Å². The van der Waals surface area contributed by atoms with Crippen LogP contribution in [0.2, 0.25) is 5.02 Å². The first-order valence-corrected chi connectivity index (χ1v) is 6.88. The van der Waals surface area contributed by atoms with Gasteiger partial charge >= 0.3 is 0 Å². The summed E-state index contributed by atoms with van der Waals surface area (Å²) in [5, 5.41) is 3.91. The first kappa shape index (κ1) is 13.6. The van der Waals surface area contributed by atoms with Crippen molar-refractivity contribution in [2.24, 2.45) is 0 Å². The van der Waals surface area contributed by atoms with Crippen molar-refractivity contribution in [3.05, 3.63) is 39.2 Å². The number of rotatable bonds is 5. The van der Waals surface area contributed by atoms with Gasteiger partial charge in [-0.1, -0.05) is 11.6 Å². The van der Waals surface area contributed by atoms with Crippen molar-refractivity contribution in [3.8, 4) is 0 Å². The van der Waals surface area contributed by atoms with Crippen LogP contribution in [0.15, 0.2) is 30.6 Å². The molecule has 1 aromatic heterocycles. The summed E-state index contributed by atoms with van der Waals surface area (Å²) in [7, 11) is 1.68. The van der Waals surface area contributed by atoms with E-state index in [2.05, 4.69) is 32.9 Å². The summed E-state index contributed by atoms with van der Waals surface area (Å²) >= 11 is 8.39. The number of anilines is 2. The lowest BCUT2D eigenvalue weighted by atomic mass is 10.3. The molecule has 0 fully saturated rings. The number of ether oxygens (including phenoxy) is 1. The lowest BCUT2D eigenvalue weighted by Gasteiger charge is -2.11. The molecular weight excluding hydrogens is 365 g/mol. The van der Waals surface area contributed by atoms with E-state index >= 15 is 0 Å². The summed E-state index contributed by atoms with van der Waals surface area (Å²) in [5.74, 6) is 0.760. The molecule has 0 aliphatic rings. The van der Waals surface area contributed by atoms with Crippen molar-refractivity contribution in [2.75, 3.05) is 19.0 Å². The summed E-state index contributed by atoms with van der Waals surface area (Å²) in [4.78, 5) is 4.27. The summed E-state index contributed by atoms with van der Waals surface area (Å²) in [6, 6.07) is 5.82. The van der Waals surface area contributed by atoms with E-state index < -0.39 is 0 Å². The molecule has 1 heterocycles. The lowest BCUT2D eigenvalue weighted by Crippen LogP contribution is -2.07. The minimum atomic E-state index is 0.644. The Morgan fingerprint density at radius 2 is 2.33 bits per heavy atom. The first-order chi connectivity index (χ1) is 8.70. The van der Waals surface area contributed by atoms with E-state index in [0.29, 0.717) is 11.6 Å². The van der Waals surface area contributed by atoms with E-state index in [1.54, 1.807) is 13.3 Å². The summed E-state index contributed by atoms with van der Waals surface area (Å²) < 4.78 is 8.17. The predicted octanol–water partition coefficient (Wildman–Crippen LogP) is 3.53. The first-order valence-electron chi connectivity index (χ1n) is 5.43. The summed E-state index contributed by atoms with van der Waals surface area (Å²) in [6.45, 7) is 1.39. The van der Waals surface area contributed by atoms with Gasteiger partial charge < -0.3 is 14.6 Å². The van der Waals surface area contributed by atoms with E-state index in [-0.39, 0.29) is 0 Å². The fourth-order valence-corrected chi connectivity index (χ4v) is 2.17.